The van der Waals surface area contributed by atoms with Crippen molar-refractivity contribution in [3.63, 3.8) is 0 Å². The summed E-state index contributed by atoms with van der Waals surface area (Å²) in [7, 11) is 0. The topological polar surface area (TPSA) is 62.9 Å². The number of nitrogens with two attached hydrogens (primary N) is 1. The molecule has 0 amide bonds. The van der Waals surface area contributed by atoms with Gasteiger partial charge in [0, 0.05) is 28.5 Å². The zero-order valence-corrected chi connectivity index (χ0v) is 19.3. The lowest BCUT2D eigenvalue weighted by Crippen LogP contribution is -2.40. The van der Waals surface area contributed by atoms with Gasteiger partial charge in [-0.1, -0.05) is 6.07 Å². The van der Waals surface area contributed by atoms with Crippen LogP contribution in [0.1, 0.15) is 26.9 Å². The van der Waals surface area contributed by atoms with Crippen LogP contribution in [-0.4, -0.2) is 43.7 Å². The van der Waals surface area contributed by atoms with Gasteiger partial charge in [-0.15, -0.1) is 35.3 Å². The van der Waals surface area contributed by atoms with Crippen molar-refractivity contribution in [2.45, 2.75) is 26.8 Å². The second kappa shape index (κ2) is 10.4. The predicted octanol–water partition coefficient (Wildman–Crippen LogP) is 4.09. The van der Waals surface area contributed by atoms with Gasteiger partial charge in [0.05, 0.1) is 25.8 Å². The van der Waals surface area contributed by atoms with E-state index in [-0.39, 0.29) is 30.0 Å². The minimum Gasteiger partial charge on any atom is -0.379 e. The summed E-state index contributed by atoms with van der Waals surface area (Å²) in [5, 5.41) is 3.23. The van der Waals surface area contributed by atoms with Gasteiger partial charge in [-0.25, -0.2) is 0 Å². The lowest BCUT2D eigenvalue weighted by Gasteiger charge is -2.33. The number of benzene rings is 1. The van der Waals surface area contributed by atoms with Gasteiger partial charge in [0.1, 0.15) is 0 Å². The van der Waals surface area contributed by atoms with Gasteiger partial charge < -0.3 is 15.8 Å². The highest BCUT2D eigenvalue weighted by Gasteiger charge is 2.23. The van der Waals surface area contributed by atoms with Crippen LogP contribution >= 0.6 is 35.3 Å². The number of nitrogens with one attached hydrogen (secondary N) is 1. The third-order valence-electron chi connectivity index (χ3n) is 4.50. The standard InChI is InChI=1S/C20H28N4OS.HI/c1-14-10-15(2)12-17(11-14)23-20(21)22-13-18(19-5-4-16(3)26-19)24-6-8-25-9-7-24;/h4-5,10-12,18H,6-9,13H2,1-3H3,(H3,21,22,23);1H. The van der Waals surface area contributed by atoms with Crippen molar-refractivity contribution in [1.29, 1.82) is 0 Å². The van der Waals surface area contributed by atoms with Crippen molar-refractivity contribution in [2.75, 3.05) is 38.2 Å². The fourth-order valence-corrected chi connectivity index (χ4v) is 4.33. The van der Waals surface area contributed by atoms with E-state index in [2.05, 4.69) is 66.3 Å². The molecule has 0 aliphatic carbocycles. The van der Waals surface area contributed by atoms with Crippen LogP contribution in [0.25, 0.3) is 0 Å². The van der Waals surface area contributed by atoms with Crippen LogP contribution < -0.4 is 11.1 Å². The summed E-state index contributed by atoms with van der Waals surface area (Å²) in [4.78, 5) is 9.76. The van der Waals surface area contributed by atoms with Crippen LogP contribution in [0.5, 0.6) is 0 Å². The molecule has 1 saturated heterocycles. The van der Waals surface area contributed by atoms with Gasteiger partial charge in [0.25, 0.3) is 0 Å². The minimum absolute atomic E-state index is 0. The average Bonchev–Trinajstić information content (AvgIpc) is 3.01. The molecule has 1 unspecified atom stereocenters. The Hall–Kier alpha value is -1.16. The number of halogens is 1. The fraction of sp³-hybridized carbons (Fsp3) is 0.450. The molecule has 1 aliphatic heterocycles. The molecule has 0 radical (unpaired) electrons. The van der Waals surface area contributed by atoms with Crippen LogP contribution in [0.2, 0.25) is 0 Å². The number of hydrogen-bond donors (Lipinski definition) is 2. The number of hydrogen-bond acceptors (Lipinski definition) is 4. The van der Waals surface area contributed by atoms with Crippen molar-refractivity contribution >= 4 is 47.0 Å². The Kier molecular flexibility index (Phi) is 8.53. The van der Waals surface area contributed by atoms with E-state index < -0.39 is 0 Å². The maximum Gasteiger partial charge on any atom is 0.193 e. The number of ether oxygens (including phenoxy) is 1. The van der Waals surface area contributed by atoms with Crippen molar-refractivity contribution in [3.8, 4) is 0 Å². The van der Waals surface area contributed by atoms with E-state index in [1.54, 1.807) is 0 Å². The summed E-state index contributed by atoms with van der Waals surface area (Å²) in [6.07, 6.45) is 0. The highest BCUT2D eigenvalue weighted by Crippen LogP contribution is 2.28. The van der Waals surface area contributed by atoms with Gasteiger partial charge in [-0.3, -0.25) is 9.89 Å². The first-order valence-electron chi connectivity index (χ1n) is 9.04. The maximum atomic E-state index is 6.17. The Morgan fingerprint density at radius 1 is 1.19 bits per heavy atom. The molecular formula is C20H29IN4OS. The van der Waals surface area contributed by atoms with Crippen molar-refractivity contribution in [2.24, 2.45) is 10.7 Å². The van der Waals surface area contributed by atoms with Crippen LogP contribution in [0.3, 0.4) is 0 Å². The van der Waals surface area contributed by atoms with Crippen LogP contribution in [0.15, 0.2) is 35.3 Å². The Morgan fingerprint density at radius 3 is 2.44 bits per heavy atom. The van der Waals surface area contributed by atoms with Crippen LogP contribution in [0.4, 0.5) is 5.69 Å². The van der Waals surface area contributed by atoms with Crippen molar-refractivity contribution < 1.29 is 4.74 Å². The van der Waals surface area contributed by atoms with E-state index in [4.69, 9.17) is 10.5 Å². The highest BCUT2D eigenvalue weighted by molar-refractivity contribution is 14.0. The van der Waals surface area contributed by atoms with E-state index in [9.17, 15) is 0 Å². The minimum atomic E-state index is 0. The quantitative estimate of drug-likeness (QED) is 0.369. The Labute approximate surface area is 183 Å². The second-order valence-corrected chi connectivity index (χ2v) is 8.16. The summed E-state index contributed by atoms with van der Waals surface area (Å²) in [5.41, 5.74) is 9.57. The Morgan fingerprint density at radius 2 is 1.85 bits per heavy atom. The number of rotatable bonds is 5. The molecule has 1 aromatic heterocycles. The molecule has 0 saturated carbocycles. The summed E-state index contributed by atoms with van der Waals surface area (Å²) in [6, 6.07) is 10.9. The largest absolute Gasteiger partial charge is 0.379 e. The lowest BCUT2D eigenvalue weighted by molar-refractivity contribution is 0.0187. The lowest BCUT2D eigenvalue weighted by atomic mass is 10.1. The maximum absolute atomic E-state index is 6.17. The number of nitrogens with zero attached hydrogens (tertiary/aromatic N) is 2. The summed E-state index contributed by atoms with van der Waals surface area (Å²) >= 11 is 1.84. The molecule has 3 N–H and O–H groups in total. The van der Waals surface area contributed by atoms with E-state index in [0.29, 0.717) is 12.5 Å². The second-order valence-electron chi connectivity index (χ2n) is 6.84. The van der Waals surface area contributed by atoms with Gasteiger partial charge in [0.2, 0.25) is 0 Å². The Balaban J connectivity index is 0.00000261. The Bertz CT molecular complexity index is 751. The molecule has 0 spiro atoms. The van der Waals surface area contributed by atoms with E-state index >= 15 is 0 Å². The first kappa shape index (κ1) is 22.1. The van der Waals surface area contributed by atoms with E-state index in [1.807, 2.05) is 11.3 Å². The molecule has 1 aromatic carbocycles. The number of aryl methyl sites for hydroxylation is 3. The number of anilines is 1. The fourth-order valence-electron chi connectivity index (χ4n) is 3.33. The number of guanidine groups is 1. The molecule has 1 atom stereocenters. The average molecular weight is 500 g/mol. The summed E-state index contributed by atoms with van der Waals surface area (Å²) in [5.74, 6) is 0.460. The SMILES string of the molecule is Cc1cc(C)cc(NC(N)=NCC(c2ccc(C)s2)N2CCOCC2)c1.I. The predicted molar refractivity (Wildman–Crippen MR) is 126 cm³/mol. The molecule has 1 aliphatic rings. The molecule has 5 nitrogen and oxygen atoms in total. The van der Waals surface area contributed by atoms with E-state index in [0.717, 1.165) is 32.0 Å². The van der Waals surface area contributed by atoms with Crippen LogP contribution in [0, 0.1) is 20.8 Å². The third-order valence-corrected chi connectivity index (χ3v) is 5.61. The van der Waals surface area contributed by atoms with Crippen molar-refractivity contribution in [1.82, 2.24) is 4.90 Å². The van der Waals surface area contributed by atoms with Gasteiger partial charge in [-0.05, 0) is 56.2 Å². The molecule has 2 aromatic rings. The number of aliphatic imine (C=N–C) groups is 1. The molecule has 3 rings (SSSR count). The molecule has 27 heavy (non-hydrogen) atoms. The smallest absolute Gasteiger partial charge is 0.193 e. The number of morpholine rings is 1. The van der Waals surface area contributed by atoms with Gasteiger partial charge in [0.15, 0.2) is 5.96 Å². The first-order chi connectivity index (χ1) is 12.5. The summed E-state index contributed by atoms with van der Waals surface area (Å²) in [6.45, 7) is 10.4. The molecule has 0 bridgehead atoms. The summed E-state index contributed by atoms with van der Waals surface area (Å²) < 4.78 is 5.51. The molecule has 148 valence electrons. The van der Waals surface area contributed by atoms with E-state index in [1.165, 1.54) is 20.9 Å². The first-order valence-corrected chi connectivity index (χ1v) is 9.86. The zero-order valence-electron chi connectivity index (χ0n) is 16.2. The molecular weight excluding hydrogens is 471 g/mol. The highest BCUT2D eigenvalue weighted by atomic mass is 127. The van der Waals surface area contributed by atoms with Crippen molar-refractivity contribution in [3.05, 3.63) is 51.2 Å². The third kappa shape index (κ3) is 6.44. The van der Waals surface area contributed by atoms with Gasteiger partial charge in [-0.2, -0.15) is 0 Å². The van der Waals surface area contributed by atoms with Crippen LogP contribution in [-0.2, 0) is 4.74 Å². The van der Waals surface area contributed by atoms with Gasteiger partial charge >= 0.3 is 0 Å². The molecule has 7 heteroatoms. The molecule has 1 fully saturated rings. The number of thiophene rings is 1. The normalized spacial score (nSPS) is 16.6. The zero-order chi connectivity index (χ0) is 18.5. The molecule has 2 heterocycles. The monoisotopic (exact) mass is 500 g/mol.